The molecule has 1 aliphatic carbocycles. The van der Waals surface area contributed by atoms with Crippen molar-refractivity contribution in [1.29, 1.82) is 0 Å². The Bertz CT molecular complexity index is 528. The summed E-state index contributed by atoms with van der Waals surface area (Å²) in [6, 6.07) is 0. The van der Waals surface area contributed by atoms with Crippen LogP contribution in [-0.4, -0.2) is 22.9 Å². The van der Waals surface area contributed by atoms with E-state index < -0.39 is 0 Å². The highest BCUT2D eigenvalue weighted by Crippen LogP contribution is 2.40. The maximum atomic E-state index is 9.92. The molecule has 0 saturated heterocycles. The smallest absolute Gasteiger partial charge is 0.0617 e. The topological polar surface area (TPSA) is 40.5 Å². The molecule has 0 radical (unpaired) electrons. The fourth-order valence-electron chi connectivity index (χ4n) is 3.01. The van der Waals surface area contributed by atoms with Crippen molar-refractivity contribution in [1.82, 2.24) is 0 Å². The van der Waals surface area contributed by atoms with Gasteiger partial charge in [-0.15, -0.1) is 0 Å². The molecule has 1 unspecified atom stereocenters. The second kappa shape index (κ2) is 8.30. The lowest BCUT2D eigenvalue weighted by molar-refractivity contribution is 0.116. The van der Waals surface area contributed by atoms with Gasteiger partial charge in [0.15, 0.2) is 0 Å². The third-order valence-electron chi connectivity index (χ3n) is 4.12. The van der Waals surface area contributed by atoms with Crippen LogP contribution in [0.3, 0.4) is 0 Å². The minimum absolute atomic E-state index is 0.0226. The normalized spacial score (nSPS) is 23.9. The molecule has 0 aliphatic heterocycles. The number of aliphatic hydroxyl groups is 2. The average Bonchev–Trinajstić information content (AvgIpc) is 2.36. The summed E-state index contributed by atoms with van der Waals surface area (Å²) >= 11 is 0. The van der Waals surface area contributed by atoms with Gasteiger partial charge in [0.05, 0.1) is 12.7 Å². The Kier molecular flexibility index (Phi) is 7.05. The second-order valence-corrected chi connectivity index (χ2v) is 6.87. The first-order valence-corrected chi connectivity index (χ1v) is 7.95. The van der Waals surface area contributed by atoms with Crippen LogP contribution in [0.4, 0.5) is 0 Å². The summed E-state index contributed by atoms with van der Waals surface area (Å²) in [5.41, 5.74) is 4.87. The molecular weight excluding hydrogens is 272 g/mol. The quantitative estimate of drug-likeness (QED) is 0.735. The second-order valence-electron chi connectivity index (χ2n) is 6.87. The van der Waals surface area contributed by atoms with Crippen LogP contribution in [0.25, 0.3) is 0 Å². The SMILES string of the molecule is CC1=C(/C=C/C(C)=C/C=C\C(C)=C\CO)C(C)(C)CC(O)C1. The van der Waals surface area contributed by atoms with Crippen molar-refractivity contribution in [3.8, 4) is 0 Å². The van der Waals surface area contributed by atoms with E-state index in [1.54, 1.807) is 6.08 Å². The molecule has 2 nitrogen and oxygen atoms in total. The first kappa shape index (κ1) is 18.7. The van der Waals surface area contributed by atoms with Gasteiger partial charge in [-0.1, -0.05) is 67.0 Å². The third-order valence-corrected chi connectivity index (χ3v) is 4.12. The van der Waals surface area contributed by atoms with Gasteiger partial charge >= 0.3 is 0 Å². The van der Waals surface area contributed by atoms with Gasteiger partial charge in [-0.25, -0.2) is 0 Å². The highest BCUT2D eigenvalue weighted by molar-refractivity contribution is 5.37. The first-order chi connectivity index (χ1) is 10.3. The Morgan fingerprint density at radius 3 is 2.50 bits per heavy atom. The molecule has 0 heterocycles. The van der Waals surface area contributed by atoms with E-state index in [0.717, 1.165) is 18.4 Å². The van der Waals surface area contributed by atoms with Crippen LogP contribution >= 0.6 is 0 Å². The Balaban J connectivity index is 2.82. The molecule has 0 aromatic carbocycles. The van der Waals surface area contributed by atoms with Gasteiger partial charge in [-0.2, -0.15) is 0 Å². The van der Waals surface area contributed by atoms with Crippen LogP contribution in [0.1, 0.15) is 47.5 Å². The van der Waals surface area contributed by atoms with Crippen molar-refractivity contribution in [3.05, 3.63) is 58.7 Å². The number of hydrogen-bond acceptors (Lipinski definition) is 2. The maximum absolute atomic E-state index is 9.92. The van der Waals surface area contributed by atoms with Crippen LogP contribution in [0.5, 0.6) is 0 Å². The largest absolute Gasteiger partial charge is 0.393 e. The van der Waals surface area contributed by atoms with Crippen LogP contribution in [-0.2, 0) is 0 Å². The number of allylic oxidation sites excluding steroid dienone is 8. The maximum Gasteiger partial charge on any atom is 0.0617 e. The van der Waals surface area contributed by atoms with Crippen molar-refractivity contribution in [2.45, 2.75) is 53.6 Å². The van der Waals surface area contributed by atoms with Gasteiger partial charge in [-0.3, -0.25) is 0 Å². The third kappa shape index (κ3) is 5.78. The summed E-state index contributed by atoms with van der Waals surface area (Å²) in [6.07, 6.45) is 13.5. The fourth-order valence-corrected chi connectivity index (χ4v) is 3.01. The van der Waals surface area contributed by atoms with Crippen LogP contribution < -0.4 is 0 Å². The monoisotopic (exact) mass is 302 g/mol. The zero-order chi connectivity index (χ0) is 16.8. The van der Waals surface area contributed by atoms with Crippen LogP contribution in [0.15, 0.2) is 58.7 Å². The van der Waals surface area contributed by atoms with Crippen molar-refractivity contribution >= 4 is 0 Å². The van der Waals surface area contributed by atoms with E-state index >= 15 is 0 Å². The molecule has 2 heteroatoms. The van der Waals surface area contributed by atoms with Crippen LogP contribution in [0, 0.1) is 5.41 Å². The van der Waals surface area contributed by atoms with Crippen molar-refractivity contribution < 1.29 is 10.2 Å². The first-order valence-electron chi connectivity index (χ1n) is 7.95. The predicted molar refractivity (Wildman–Crippen MR) is 94.6 cm³/mol. The summed E-state index contributed by atoms with van der Waals surface area (Å²) < 4.78 is 0. The highest BCUT2D eigenvalue weighted by atomic mass is 16.3. The molecule has 0 saturated carbocycles. The van der Waals surface area contributed by atoms with E-state index in [2.05, 4.69) is 45.9 Å². The molecular formula is C20H30O2. The zero-order valence-corrected chi connectivity index (χ0v) is 14.6. The van der Waals surface area contributed by atoms with E-state index in [1.165, 1.54) is 16.7 Å². The highest BCUT2D eigenvalue weighted by Gasteiger charge is 2.31. The standard InChI is InChI=1S/C20H30O2/c1-15(7-6-8-16(2)11-12-21)9-10-19-17(3)13-18(22)14-20(19,4)5/h6-11,18,21-22H,12-14H2,1-5H3/b8-6-,10-9+,15-7+,16-11+. The lowest BCUT2D eigenvalue weighted by Crippen LogP contribution is -2.28. The van der Waals surface area contributed by atoms with Crippen LogP contribution in [0.2, 0.25) is 0 Å². The van der Waals surface area contributed by atoms with Crippen molar-refractivity contribution in [2.24, 2.45) is 5.41 Å². The number of aliphatic hydroxyl groups excluding tert-OH is 2. The Morgan fingerprint density at radius 1 is 1.23 bits per heavy atom. The number of rotatable bonds is 5. The summed E-state index contributed by atoms with van der Waals surface area (Å²) in [5, 5.41) is 18.7. The van der Waals surface area contributed by atoms with Gasteiger partial charge in [0.1, 0.15) is 0 Å². The van der Waals surface area contributed by atoms with Crippen molar-refractivity contribution in [2.75, 3.05) is 6.61 Å². The van der Waals surface area contributed by atoms with E-state index in [9.17, 15) is 5.11 Å². The molecule has 1 atom stereocenters. The molecule has 0 spiro atoms. The summed E-state index contributed by atoms with van der Waals surface area (Å²) in [7, 11) is 0. The Labute approximate surface area is 135 Å². The summed E-state index contributed by atoms with van der Waals surface area (Å²) in [6.45, 7) is 10.6. The van der Waals surface area contributed by atoms with Crippen molar-refractivity contribution in [3.63, 3.8) is 0 Å². The predicted octanol–water partition coefficient (Wildman–Crippen LogP) is 4.48. The van der Waals surface area contributed by atoms with Gasteiger partial charge in [-0.05, 0) is 44.6 Å². The molecule has 0 aromatic heterocycles. The molecule has 0 amide bonds. The lowest BCUT2D eigenvalue weighted by Gasteiger charge is -2.35. The minimum atomic E-state index is -0.215. The molecule has 122 valence electrons. The van der Waals surface area contributed by atoms with Gasteiger partial charge in [0.2, 0.25) is 0 Å². The van der Waals surface area contributed by atoms with E-state index in [1.807, 2.05) is 19.1 Å². The molecule has 0 aromatic rings. The summed E-state index contributed by atoms with van der Waals surface area (Å²) in [4.78, 5) is 0. The zero-order valence-electron chi connectivity index (χ0n) is 14.6. The Morgan fingerprint density at radius 2 is 1.91 bits per heavy atom. The van der Waals surface area contributed by atoms with E-state index in [-0.39, 0.29) is 18.1 Å². The molecule has 0 bridgehead atoms. The fraction of sp³-hybridized carbons (Fsp3) is 0.500. The molecule has 1 aliphatic rings. The van der Waals surface area contributed by atoms with E-state index in [4.69, 9.17) is 5.11 Å². The number of hydrogen-bond donors (Lipinski definition) is 2. The lowest BCUT2D eigenvalue weighted by atomic mass is 9.71. The van der Waals surface area contributed by atoms with Gasteiger partial charge < -0.3 is 10.2 Å². The summed E-state index contributed by atoms with van der Waals surface area (Å²) in [5.74, 6) is 0. The molecule has 1 rings (SSSR count). The van der Waals surface area contributed by atoms with Gasteiger partial charge in [0, 0.05) is 0 Å². The molecule has 2 N–H and O–H groups in total. The average molecular weight is 302 g/mol. The minimum Gasteiger partial charge on any atom is -0.393 e. The molecule has 22 heavy (non-hydrogen) atoms. The van der Waals surface area contributed by atoms with E-state index in [0.29, 0.717) is 0 Å². The Hall–Kier alpha value is -1.38. The van der Waals surface area contributed by atoms with Gasteiger partial charge in [0.25, 0.3) is 0 Å². The molecule has 0 fully saturated rings.